The summed E-state index contributed by atoms with van der Waals surface area (Å²) in [6, 6.07) is 3.62. The van der Waals surface area contributed by atoms with Crippen LogP contribution in [0.4, 0.5) is 0 Å². The molecule has 5 N–H and O–H groups in total. The number of carboxylic acids is 1. The average Bonchev–Trinajstić information content (AvgIpc) is 3.34. The molecular formula is C22H29N3O5S. The molecule has 0 saturated heterocycles. The summed E-state index contributed by atoms with van der Waals surface area (Å²) in [5.41, 5.74) is 0.300. The quantitative estimate of drug-likeness (QED) is 0.346. The van der Waals surface area contributed by atoms with Crippen molar-refractivity contribution in [1.82, 2.24) is 15.6 Å². The van der Waals surface area contributed by atoms with Gasteiger partial charge in [-0.3, -0.25) is 9.59 Å². The highest BCUT2D eigenvalue weighted by Gasteiger charge is 2.44. The Hall–Kier alpha value is -2.68. The third-order valence-corrected chi connectivity index (χ3v) is 6.76. The normalized spacial score (nSPS) is 17.4. The number of aromatic hydroxyl groups is 1. The Kier molecular flexibility index (Phi) is 6.83. The molecule has 1 aliphatic carbocycles. The number of aromatic nitrogens is 1. The SMILES string of the molecule is CC(C)[C@H](S)C(=O)NC1(C(=O)N[C@@H](Cc2c[nH]c3ccc(O)cc23)C(=O)O)CCCC1. The first-order chi connectivity index (χ1) is 14.6. The molecule has 0 spiro atoms. The van der Waals surface area contributed by atoms with Crippen LogP contribution in [0.15, 0.2) is 24.4 Å². The van der Waals surface area contributed by atoms with E-state index in [-0.39, 0.29) is 24.0 Å². The summed E-state index contributed by atoms with van der Waals surface area (Å²) in [4.78, 5) is 40.8. The molecular weight excluding hydrogens is 418 g/mol. The summed E-state index contributed by atoms with van der Waals surface area (Å²) in [7, 11) is 0. The maximum Gasteiger partial charge on any atom is 0.326 e. The van der Waals surface area contributed by atoms with Gasteiger partial charge >= 0.3 is 5.97 Å². The molecule has 31 heavy (non-hydrogen) atoms. The summed E-state index contributed by atoms with van der Waals surface area (Å²) in [5.74, 6) is -1.91. The zero-order valence-electron chi connectivity index (χ0n) is 17.6. The maximum absolute atomic E-state index is 13.2. The van der Waals surface area contributed by atoms with Crippen molar-refractivity contribution >= 4 is 41.3 Å². The summed E-state index contributed by atoms with van der Waals surface area (Å²) in [6.07, 6.45) is 4.16. The number of amides is 2. The van der Waals surface area contributed by atoms with Gasteiger partial charge in [-0.2, -0.15) is 12.6 Å². The topological polar surface area (TPSA) is 132 Å². The highest BCUT2D eigenvalue weighted by Crippen LogP contribution is 2.31. The molecule has 9 heteroatoms. The Bertz CT molecular complexity index is 981. The standard InChI is InChI=1S/C22H29N3O5S/c1-12(2)18(31)19(27)25-22(7-3-4-8-22)21(30)24-17(20(28)29)9-13-11-23-16-6-5-14(26)10-15(13)16/h5-6,10-12,17-18,23,26,31H,3-4,7-9H2,1-2H3,(H,24,30)(H,25,27)(H,28,29)/t17-,18-/m0/s1. The molecule has 1 fully saturated rings. The number of carbonyl (C=O) groups is 3. The minimum atomic E-state index is -1.18. The van der Waals surface area contributed by atoms with Gasteiger partial charge in [-0.1, -0.05) is 26.7 Å². The van der Waals surface area contributed by atoms with Crippen molar-refractivity contribution in [2.24, 2.45) is 5.92 Å². The van der Waals surface area contributed by atoms with Crippen molar-refractivity contribution in [1.29, 1.82) is 0 Å². The Labute approximate surface area is 186 Å². The number of carboxylic acid groups (broad SMARTS) is 1. The number of carbonyl (C=O) groups excluding carboxylic acids is 2. The molecule has 0 aliphatic heterocycles. The first-order valence-electron chi connectivity index (χ1n) is 10.5. The fourth-order valence-electron chi connectivity index (χ4n) is 4.05. The van der Waals surface area contributed by atoms with Crippen LogP contribution in [0.1, 0.15) is 45.1 Å². The van der Waals surface area contributed by atoms with E-state index in [0.29, 0.717) is 23.8 Å². The van der Waals surface area contributed by atoms with Crippen LogP contribution in [0, 0.1) is 5.92 Å². The van der Waals surface area contributed by atoms with E-state index in [0.717, 1.165) is 18.4 Å². The first kappa shape index (κ1) is 23.0. The monoisotopic (exact) mass is 447 g/mol. The number of aromatic amines is 1. The molecule has 8 nitrogen and oxygen atoms in total. The highest BCUT2D eigenvalue weighted by atomic mass is 32.1. The molecule has 0 unspecified atom stereocenters. The molecule has 1 saturated carbocycles. The van der Waals surface area contributed by atoms with Crippen molar-refractivity contribution in [3.63, 3.8) is 0 Å². The summed E-state index contributed by atoms with van der Waals surface area (Å²) >= 11 is 4.34. The Balaban J connectivity index is 1.79. The van der Waals surface area contributed by atoms with Crippen LogP contribution in [0.2, 0.25) is 0 Å². The second kappa shape index (κ2) is 9.21. The molecule has 1 heterocycles. The van der Waals surface area contributed by atoms with Gasteiger partial charge in [0.05, 0.1) is 5.25 Å². The van der Waals surface area contributed by atoms with E-state index in [1.165, 1.54) is 6.07 Å². The van der Waals surface area contributed by atoms with Gasteiger partial charge in [0.1, 0.15) is 17.3 Å². The molecule has 0 bridgehead atoms. The van der Waals surface area contributed by atoms with Gasteiger partial charge in [-0.15, -0.1) is 0 Å². The van der Waals surface area contributed by atoms with Gasteiger partial charge in [0.15, 0.2) is 0 Å². The number of fused-ring (bicyclic) bond motifs is 1. The smallest absolute Gasteiger partial charge is 0.326 e. The van der Waals surface area contributed by atoms with E-state index in [9.17, 15) is 24.6 Å². The Morgan fingerprint density at radius 1 is 1.23 bits per heavy atom. The van der Waals surface area contributed by atoms with Crippen LogP contribution >= 0.6 is 12.6 Å². The van der Waals surface area contributed by atoms with E-state index in [4.69, 9.17) is 0 Å². The fourth-order valence-corrected chi connectivity index (χ4v) is 4.12. The predicted octanol–water partition coefficient (Wildman–Crippen LogP) is 2.37. The summed E-state index contributed by atoms with van der Waals surface area (Å²) < 4.78 is 0. The number of nitrogens with one attached hydrogen (secondary N) is 3. The predicted molar refractivity (Wildman–Crippen MR) is 120 cm³/mol. The van der Waals surface area contributed by atoms with E-state index in [2.05, 4.69) is 28.2 Å². The molecule has 168 valence electrons. The zero-order valence-corrected chi connectivity index (χ0v) is 18.5. The van der Waals surface area contributed by atoms with Crippen molar-refractivity contribution in [3.05, 3.63) is 30.0 Å². The Morgan fingerprint density at radius 2 is 1.90 bits per heavy atom. The van der Waals surface area contributed by atoms with Crippen LogP contribution in [-0.4, -0.2) is 49.8 Å². The zero-order chi connectivity index (χ0) is 22.8. The van der Waals surface area contributed by atoms with Crippen molar-refractivity contribution in [2.45, 2.75) is 62.8 Å². The third kappa shape index (κ3) is 4.98. The number of phenols is 1. The van der Waals surface area contributed by atoms with Crippen LogP contribution in [0.5, 0.6) is 5.75 Å². The second-order valence-corrected chi connectivity index (χ2v) is 9.14. The van der Waals surface area contributed by atoms with Crippen LogP contribution < -0.4 is 10.6 Å². The molecule has 3 rings (SSSR count). The first-order valence-corrected chi connectivity index (χ1v) is 11.0. The lowest BCUT2D eigenvalue weighted by atomic mass is 9.94. The van der Waals surface area contributed by atoms with Crippen LogP contribution in [-0.2, 0) is 20.8 Å². The van der Waals surface area contributed by atoms with E-state index in [1.54, 1.807) is 18.3 Å². The molecule has 2 amide bonds. The van der Waals surface area contributed by atoms with Gasteiger partial charge in [0.25, 0.3) is 0 Å². The molecule has 1 aromatic carbocycles. The average molecular weight is 448 g/mol. The van der Waals surface area contributed by atoms with Crippen molar-refractivity contribution in [3.8, 4) is 5.75 Å². The van der Waals surface area contributed by atoms with Gasteiger partial charge in [-0.05, 0) is 42.5 Å². The molecule has 2 aromatic rings. The lowest BCUT2D eigenvalue weighted by Gasteiger charge is -2.32. The summed E-state index contributed by atoms with van der Waals surface area (Å²) in [5, 5.41) is 25.1. The lowest BCUT2D eigenvalue weighted by Crippen LogP contribution is -2.61. The lowest BCUT2D eigenvalue weighted by molar-refractivity contribution is -0.143. The number of benzene rings is 1. The minimum Gasteiger partial charge on any atom is -0.508 e. The number of rotatable bonds is 8. The number of H-pyrrole nitrogens is 1. The van der Waals surface area contributed by atoms with Crippen molar-refractivity contribution in [2.75, 3.05) is 0 Å². The third-order valence-electron chi connectivity index (χ3n) is 5.93. The maximum atomic E-state index is 13.2. The number of thiol groups is 1. The second-order valence-electron chi connectivity index (χ2n) is 8.58. The van der Waals surface area contributed by atoms with Crippen LogP contribution in [0.25, 0.3) is 10.9 Å². The van der Waals surface area contributed by atoms with Crippen molar-refractivity contribution < 1.29 is 24.6 Å². The van der Waals surface area contributed by atoms with Gasteiger partial charge in [0, 0.05) is 23.5 Å². The Morgan fingerprint density at radius 3 is 2.52 bits per heavy atom. The fraction of sp³-hybridized carbons (Fsp3) is 0.500. The molecule has 1 aromatic heterocycles. The number of hydrogen-bond donors (Lipinski definition) is 6. The summed E-state index contributed by atoms with van der Waals surface area (Å²) in [6.45, 7) is 3.75. The van der Waals surface area contributed by atoms with E-state index in [1.807, 2.05) is 13.8 Å². The number of phenolic OH excluding ortho intramolecular Hbond substituents is 1. The molecule has 2 atom stereocenters. The van der Waals surface area contributed by atoms with Gasteiger partial charge < -0.3 is 25.8 Å². The molecule has 1 aliphatic rings. The van der Waals surface area contributed by atoms with Gasteiger partial charge in [0.2, 0.25) is 11.8 Å². The number of hydrogen-bond acceptors (Lipinski definition) is 5. The van der Waals surface area contributed by atoms with Crippen LogP contribution in [0.3, 0.4) is 0 Å². The van der Waals surface area contributed by atoms with E-state index >= 15 is 0 Å². The number of aliphatic carboxylic acids is 1. The molecule has 0 radical (unpaired) electrons. The highest BCUT2D eigenvalue weighted by molar-refractivity contribution is 7.81. The minimum absolute atomic E-state index is 0.00472. The largest absolute Gasteiger partial charge is 0.508 e. The van der Waals surface area contributed by atoms with E-state index < -0.39 is 28.7 Å². The van der Waals surface area contributed by atoms with Gasteiger partial charge in [-0.25, -0.2) is 4.79 Å².